The van der Waals surface area contributed by atoms with Crippen LogP contribution in [0.4, 0.5) is 5.69 Å². The first-order chi connectivity index (χ1) is 11.3. The van der Waals surface area contributed by atoms with Gasteiger partial charge in [-0.15, -0.1) is 0 Å². The second kappa shape index (κ2) is 7.96. The van der Waals surface area contributed by atoms with Crippen molar-refractivity contribution in [2.45, 2.75) is 44.6 Å². The Labute approximate surface area is 138 Å². The van der Waals surface area contributed by atoms with Crippen LogP contribution in [-0.2, 0) is 4.79 Å². The van der Waals surface area contributed by atoms with E-state index < -0.39 is 0 Å². The van der Waals surface area contributed by atoms with Crippen molar-refractivity contribution in [3.8, 4) is 0 Å². The van der Waals surface area contributed by atoms with Crippen LogP contribution in [-0.4, -0.2) is 5.78 Å². The average molecular weight is 307 g/mol. The third-order valence-corrected chi connectivity index (χ3v) is 4.76. The van der Waals surface area contributed by atoms with E-state index in [1.807, 2.05) is 24.3 Å². The molecule has 23 heavy (non-hydrogen) atoms. The fourth-order valence-electron chi connectivity index (χ4n) is 3.51. The number of anilines is 1. The maximum atomic E-state index is 12.7. The number of carbonyl (C=O) groups is 1. The van der Waals surface area contributed by atoms with Gasteiger partial charge in [0, 0.05) is 18.0 Å². The molecule has 1 aliphatic carbocycles. The number of ketones is 1. The minimum Gasteiger partial charge on any atom is -0.378 e. The molecule has 0 radical (unpaired) electrons. The molecule has 120 valence electrons. The Morgan fingerprint density at radius 1 is 0.826 bits per heavy atom. The number of nitrogens with one attached hydrogen (secondary N) is 1. The van der Waals surface area contributed by atoms with Crippen LogP contribution in [0.25, 0.3) is 0 Å². The molecule has 0 amide bonds. The third-order valence-electron chi connectivity index (χ3n) is 4.76. The van der Waals surface area contributed by atoms with E-state index in [-0.39, 0.29) is 12.0 Å². The molecule has 2 aromatic rings. The summed E-state index contributed by atoms with van der Waals surface area (Å²) in [7, 11) is 0. The molecule has 1 saturated carbocycles. The van der Waals surface area contributed by atoms with Crippen molar-refractivity contribution in [3.63, 3.8) is 0 Å². The van der Waals surface area contributed by atoms with Crippen molar-refractivity contribution in [2.75, 3.05) is 5.32 Å². The zero-order chi connectivity index (χ0) is 15.9. The molecule has 2 atom stereocenters. The lowest BCUT2D eigenvalue weighted by atomic mass is 9.82. The number of carbonyl (C=O) groups excluding carboxylic acids is 1. The quantitative estimate of drug-likeness (QED) is 0.821. The highest BCUT2D eigenvalue weighted by Crippen LogP contribution is 2.33. The van der Waals surface area contributed by atoms with E-state index in [1.54, 1.807) is 0 Å². The normalized spacial score (nSPS) is 20.3. The van der Waals surface area contributed by atoms with Crippen LogP contribution in [0, 0.1) is 5.92 Å². The van der Waals surface area contributed by atoms with Crippen LogP contribution < -0.4 is 5.32 Å². The summed E-state index contributed by atoms with van der Waals surface area (Å²) in [6, 6.07) is 20.7. The maximum Gasteiger partial charge on any atom is 0.138 e. The Bertz CT molecular complexity index is 608. The van der Waals surface area contributed by atoms with Crippen LogP contribution in [0.3, 0.4) is 0 Å². The topological polar surface area (TPSA) is 29.1 Å². The van der Waals surface area contributed by atoms with Crippen molar-refractivity contribution < 1.29 is 4.79 Å². The van der Waals surface area contributed by atoms with Crippen molar-refractivity contribution >= 4 is 11.5 Å². The summed E-state index contributed by atoms with van der Waals surface area (Å²) in [5.41, 5.74) is 2.28. The Morgan fingerprint density at radius 3 is 2.22 bits per heavy atom. The first-order valence-corrected chi connectivity index (χ1v) is 8.74. The molecule has 1 aliphatic rings. The first-order valence-electron chi connectivity index (χ1n) is 8.74. The summed E-state index contributed by atoms with van der Waals surface area (Å²) < 4.78 is 0. The Balaban J connectivity index is 1.88. The van der Waals surface area contributed by atoms with E-state index in [0.717, 1.165) is 31.4 Å². The Kier molecular flexibility index (Phi) is 5.46. The van der Waals surface area contributed by atoms with Gasteiger partial charge >= 0.3 is 0 Å². The van der Waals surface area contributed by atoms with Gasteiger partial charge < -0.3 is 5.32 Å². The highest BCUT2D eigenvalue weighted by Gasteiger charge is 2.29. The van der Waals surface area contributed by atoms with Crippen LogP contribution >= 0.6 is 0 Å². The van der Waals surface area contributed by atoms with Gasteiger partial charge in [-0.3, -0.25) is 4.79 Å². The van der Waals surface area contributed by atoms with Gasteiger partial charge in [0.25, 0.3) is 0 Å². The molecule has 0 heterocycles. The number of hydrogen-bond donors (Lipinski definition) is 1. The molecule has 2 heteroatoms. The zero-order valence-corrected chi connectivity index (χ0v) is 13.6. The van der Waals surface area contributed by atoms with E-state index in [0.29, 0.717) is 5.78 Å². The molecular weight excluding hydrogens is 282 g/mol. The lowest BCUT2D eigenvalue weighted by Gasteiger charge is -2.30. The Hall–Kier alpha value is -2.09. The number of rotatable bonds is 4. The maximum absolute atomic E-state index is 12.7. The summed E-state index contributed by atoms with van der Waals surface area (Å²) in [5.74, 6) is 0.486. The molecule has 1 N–H and O–H groups in total. The van der Waals surface area contributed by atoms with E-state index in [2.05, 4.69) is 41.7 Å². The Morgan fingerprint density at radius 2 is 1.48 bits per heavy atom. The average Bonchev–Trinajstić information content (AvgIpc) is 2.59. The predicted octanol–water partition coefficient (Wildman–Crippen LogP) is 5.38. The van der Waals surface area contributed by atoms with E-state index >= 15 is 0 Å². The summed E-state index contributed by atoms with van der Waals surface area (Å²) in [5, 5.41) is 3.62. The van der Waals surface area contributed by atoms with Crippen molar-refractivity contribution in [1.29, 1.82) is 0 Å². The van der Waals surface area contributed by atoms with Gasteiger partial charge in [0.2, 0.25) is 0 Å². The second-order valence-corrected chi connectivity index (χ2v) is 6.42. The third kappa shape index (κ3) is 4.22. The lowest BCUT2D eigenvalue weighted by Crippen LogP contribution is -2.28. The summed E-state index contributed by atoms with van der Waals surface area (Å²) in [6.45, 7) is 0. The lowest BCUT2D eigenvalue weighted by molar-refractivity contribution is -0.124. The van der Waals surface area contributed by atoms with Crippen LogP contribution in [0.2, 0.25) is 0 Å². The zero-order valence-electron chi connectivity index (χ0n) is 13.6. The smallest absolute Gasteiger partial charge is 0.138 e. The molecule has 0 aromatic heterocycles. The highest BCUT2D eigenvalue weighted by atomic mass is 16.1. The molecule has 3 rings (SSSR count). The fraction of sp³-hybridized carbons (Fsp3) is 0.381. The van der Waals surface area contributed by atoms with Gasteiger partial charge in [0.05, 0.1) is 6.04 Å². The molecule has 2 aromatic carbocycles. The number of hydrogen-bond acceptors (Lipinski definition) is 2. The summed E-state index contributed by atoms with van der Waals surface area (Å²) >= 11 is 0. The number of para-hydroxylation sites is 1. The summed E-state index contributed by atoms with van der Waals surface area (Å²) in [4.78, 5) is 12.7. The molecule has 0 bridgehead atoms. The molecule has 0 spiro atoms. The first kappa shape index (κ1) is 15.8. The minimum atomic E-state index is 0.0594. The van der Waals surface area contributed by atoms with E-state index in [4.69, 9.17) is 0 Å². The second-order valence-electron chi connectivity index (χ2n) is 6.42. The van der Waals surface area contributed by atoms with Gasteiger partial charge in [-0.25, -0.2) is 0 Å². The fourth-order valence-corrected chi connectivity index (χ4v) is 3.51. The van der Waals surface area contributed by atoms with Crippen LogP contribution in [0.5, 0.6) is 0 Å². The molecule has 0 unspecified atom stereocenters. The SMILES string of the molecule is O=C1CCCCCC[C@@H]1[C@H](Nc1ccccc1)c1ccccc1. The van der Waals surface area contributed by atoms with Crippen molar-refractivity contribution in [1.82, 2.24) is 0 Å². The van der Waals surface area contributed by atoms with Crippen molar-refractivity contribution in [3.05, 3.63) is 66.2 Å². The van der Waals surface area contributed by atoms with Gasteiger partial charge in [0.15, 0.2) is 0 Å². The van der Waals surface area contributed by atoms with E-state index in [9.17, 15) is 4.79 Å². The van der Waals surface area contributed by atoms with Gasteiger partial charge in [-0.05, 0) is 30.5 Å². The monoisotopic (exact) mass is 307 g/mol. The standard InChI is InChI=1S/C21H25NO/c23-20-16-10-2-1-9-15-19(20)21(17-11-5-3-6-12-17)22-18-13-7-4-8-14-18/h3-8,11-14,19,21-22H,1-2,9-10,15-16H2/t19-,21+/m0/s1. The molecule has 2 nitrogen and oxygen atoms in total. The highest BCUT2D eigenvalue weighted by molar-refractivity contribution is 5.82. The number of benzene rings is 2. The van der Waals surface area contributed by atoms with Gasteiger partial charge in [-0.2, -0.15) is 0 Å². The molecular formula is C21H25NO. The predicted molar refractivity (Wildman–Crippen MR) is 95.4 cm³/mol. The number of Topliss-reactive ketones (excluding diaryl/α,β-unsaturated/α-hetero) is 1. The van der Waals surface area contributed by atoms with E-state index in [1.165, 1.54) is 18.4 Å². The van der Waals surface area contributed by atoms with Crippen molar-refractivity contribution in [2.24, 2.45) is 5.92 Å². The molecule has 0 saturated heterocycles. The largest absolute Gasteiger partial charge is 0.378 e. The van der Waals surface area contributed by atoms with Crippen LogP contribution in [0.15, 0.2) is 60.7 Å². The molecule has 0 aliphatic heterocycles. The molecule has 1 fully saturated rings. The minimum absolute atomic E-state index is 0.0594. The van der Waals surface area contributed by atoms with Gasteiger partial charge in [-0.1, -0.05) is 67.8 Å². The summed E-state index contributed by atoms with van der Waals surface area (Å²) in [6.07, 6.45) is 6.35. The van der Waals surface area contributed by atoms with Crippen LogP contribution in [0.1, 0.15) is 50.1 Å². The van der Waals surface area contributed by atoms with Gasteiger partial charge in [0.1, 0.15) is 5.78 Å².